The molecule has 1 fully saturated rings. The number of carbonyl (C=O) groups is 1. The van der Waals surface area contributed by atoms with Crippen LogP contribution in [0.15, 0.2) is 42.5 Å². The van der Waals surface area contributed by atoms with Crippen molar-refractivity contribution in [1.29, 1.82) is 0 Å². The molecule has 1 amide bonds. The van der Waals surface area contributed by atoms with E-state index in [4.69, 9.17) is 16.3 Å². The number of halogens is 2. The second kappa shape index (κ2) is 10.8. The summed E-state index contributed by atoms with van der Waals surface area (Å²) in [5.41, 5.74) is 0.998. The molecule has 0 aliphatic carbocycles. The number of anilines is 1. The summed E-state index contributed by atoms with van der Waals surface area (Å²) in [6.45, 7) is 1.50. The molecule has 2 N–H and O–H groups in total. The first-order chi connectivity index (χ1) is 15.6. The van der Waals surface area contributed by atoms with Crippen molar-refractivity contribution in [3.05, 3.63) is 58.9 Å². The Morgan fingerprint density at radius 1 is 1.27 bits per heavy atom. The normalized spacial score (nSPS) is 20.5. The van der Waals surface area contributed by atoms with Crippen LogP contribution in [-0.4, -0.2) is 63.9 Å². The molecular formula is C22H28ClFN4O4S. The molecule has 0 aromatic heterocycles. The highest BCUT2D eigenvalue weighted by molar-refractivity contribution is 7.87. The number of ether oxygens (including phenoxy) is 1. The van der Waals surface area contributed by atoms with Crippen LogP contribution in [0.2, 0.25) is 5.02 Å². The first-order valence-electron chi connectivity index (χ1n) is 10.5. The molecule has 2 aromatic rings. The van der Waals surface area contributed by atoms with Crippen LogP contribution in [0.4, 0.5) is 10.1 Å². The lowest BCUT2D eigenvalue weighted by atomic mass is 9.99. The standard InChI is InChI=1S/C22H28ClFN4O4S/c1-27(2)11-4-12-32-17-8-5-15(6-9-17)20-14-21(28(3)33(30,31)26-20)22(29)25-16-7-10-19(24)18(23)13-16/h5-10,13,20-21,26H,4,11-12,14H2,1-3H3,(H,25,29)/t20-,21+/m0/s1. The number of amides is 1. The molecule has 0 spiro atoms. The molecule has 1 heterocycles. The number of nitrogens with one attached hydrogen (secondary N) is 2. The minimum Gasteiger partial charge on any atom is -0.494 e. The summed E-state index contributed by atoms with van der Waals surface area (Å²) in [6.07, 6.45) is 1.10. The van der Waals surface area contributed by atoms with Gasteiger partial charge in [0, 0.05) is 25.3 Å². The van der Waals surface area contributed by atoms with E-state index < -0.39 is 34.0 Å². The van der Waals surface area contributed by atoms with E-state index in [2.05, 4.69) is 14.9 Å². The Labute approximate surface area is 198 Å². The maximum atomic E-state index is 13.4. The zero-order valence-corrected chi connectivity index (χ0v) is 20.3. The maximum Gasteiger partial charge on any atom is 0.280 e. The lowest BCUT2D eigenvalue weighted by molar-refractivity contribution is -0.120. The quantitative estimate of drug-likeness (QED) is 0.546. The van der Waals surface area contributed by atoms with E-state index in [1.165, 1.54) is 19.2 Å². The SMILES string of the molecule is CN(C)CCCOc1ccc([C@@H]2C[C@H](C(=O)Nc3ccc(F)c(Cl)c3)N(C)S(=O)(=O)N2)cc1. The minimum absolute atomic E-state index is 0.138. The van der Waals surface area contributed by atoms with Gasteiger partial charge in [0.05, 0.1) is 11.6 Å². The summed E-state index contributed by atoms with van der Waals surface area (Å²) in [5.74, 6) is -0.451. The molecule has 0 unspecified atom stereocenters. The van der Waals surface area contributed by atoms with E-state index in [-0.39, 0.29) is 17.1 Å². The number of carbonyl (C=O) groups excluding carboxylic acids is 1. The zero-order valence-electron chi connectivity index (χ0n) is 18.7. The molecule has 8 nitrogen and oxygen atoms in total. The smallest absolute Gasteiger partial charge is 0.280 e. The zero-order chi connectivity index (χ0) is 24.2. The highest BCUT2D eigenvalue weighted by atomic mass is 35.5. The second-order valence-corrected chi connectivity index (χ2v) is 10.3. The highest BCUT2D eigenvalue weighted by Gasteiger charge is 2.40. The fourth-order valence-corrected chi connectivity index (χ4v) is 4.95. The molecule has 2 atom stereocenters. The van der Waals surface area contributed by atoms with E-state index in [0.29, 0.717) is 12.4 Å². The van der Waals surface area contributed by atoms with Crippen LogP contribution in [0, 0.1) is 5.82 Å². The minimum atomic E-state index is -3.90. The molecule has 180 valence electrons. The van der Waals surface area contributed by atoms with Crippen molar-refractivity contribution < 1.29 is 22.3 Å². The van der Waals surface area contributed by atoms with E-state index in [9.17, 15) is 17.6 Å². The van der Waals surface area contributed by atoms with Crippen molar-refractivity contribution in [2.45, 2.75) is 24.9 Å². The average Bonchev–Trinajstić information content (AvgIpc) is 2.76. The first-order valence-corrected chi connectivity index (χ1v) is 12.3. The Bertz CT molecular complexity index is 1080. The number of benzene rings is 2. The van der Waals surface area contributed by atoms with E-state index >= 15 is 0 Å². The Morgan fingerprint density at radius 3 is 2.61 bits per heavy atom. The Morgan fingerprint density at radius 2 is 1.97 bits per heavy atom. The largest absolute Gasteiger partial charge is 0.494 e. The number of rotatable bonds is 8. The van der Waals surface area contributed by atoms with Gasteiger partial charge in [-0.05, 0) is 62.8 Å². The van der Waals surface area contributed by atoms with Crippen LogP contribution < -0.4 is 14.8 Å². The summed E-state index contributed by atoms with van der Waals surface area (Å²) in [7, 11) is 1.44. The molecule has 0 saturated carbocycles. The van der Waals surface area contributed by atoms with Crippen LogP contribution in [0.1, 0.15) is 24.4 Å². The predicted molar refractivity (Wildman–Crippen MR) is 126 cm³/mol. The van der Waals surface area contributed by atoms with E-state index in [1.807, 2.05) is 14.1 Å². The Hall–Kier alpha value is -2.24. The van der Waals surface area contributed by atoms with Gasteiger partial charge in [0.25, 0.3) is 10.2 Å². The van der Waals surface area contributed by atoms with Crippen LogP contribution in [0.5, 0.6) is 5.75 Å². The molecule has 3 rings (SSSR count). The van der Waals surface area contributed by atoms with Crippen LogP contribution >= 0.6 is 11.6 Å². The summed E-state index contributed by atoms with van der Waals surface area (Å²) < 4.78 is 48.0. The second-order valence-electron chi connectivity index (χ2n) is 8.14. The van der Waals surface area contributed by atoms with Crippen molar-refractivity contribution >= 4 is 33.4 Å². The Balaban J connectivity index is 1.69. The molecule has 1 aliphatic rings. The summed E-state index contributed by atoms with van der Waals surface area (Å²) in [5, 5.41) is 2.48. The van der Waals surface area contributed by atoms with Crippen LogP contribution in [0.25, 0.3) is 0 Å². The summed E-state index contributed by atoms with van der Waals surface area (Å²) in [6, 6.07) is 9.35. The number of hydrogen-bond acceptors (Lipinski definition) is 5. The fourth-order valence-electron chi connectivity index (χ4n) is 3.49. The van der Waals surface area contributed by atoms with Gasteiger partial charge in [0.2, 0.25) is 5.91 Å². The van der Waals surface area contributed by atoms with Gasteiger partial charge >= 0.3 is 0 Å². The lowest BCUT2D eigenvalue weighted by Crippen LogP contribution is -2.55. The van der Waals surface area contributed by atoms with Gasteiger partial charge in [0.1, 0.15) is 17.6 Å². The van der Waals surface area contributed by atoms with Crippen LogP contribution in [0.3, 0.4) is 0 Å². The van der Waals surface area contributed by atoms with Crippen molar-refractivity contribution in [3.63, 3.8) is 0 Å². The molecule has 1 aliphatic heterocycles. The molecule has 2 aromatic carbocycles. The lowest BCUT2D eigenvalue weighted by Gasteiger charge is -2.36. The van der Waals surface area contributed by atoms with E-state index in [0.717, 1.165) is 28.9 Å². The first kappa shape index (κ1) is 25.4. The number of hydrogen-bond donors (Lipinski definition) is 2. The van der Waals surface area contributed by atoms with Crippen molar-refractivity contribution in [2.24, 2.45) is 0 Å². The third-order valence-electron chi connectivity index (χ3n) is 5.36. The number of likely N-dealkylation sites (N-methyl/N-ethyl adjacent to an activating group) is 1. The fraction of sp³-hybridized carbons (Fsp3) is 0.409. The molecule has 11 heteroatoms. The third kappa shape index (κ3) is 6.64. The molecule has 33 heavy (non-hydrogen) atoms. The van der Waals surface area contributed by atoms with E-state index in [1.54, 1.807) is 24.3 Å². The van der Waals surface area contributed by atoms with Gasteiger partial charge < -0.3 is 15.0 Å². The molecular weight excluding hydrogens is 471 g/mol. The summed E-state index contributed by atoms with van der Waals surface area (Å²) in [4.78, 5) is 15.0. The number of nitrogens with zero attached hydrogens (tertiary/aromatic N) is 2. The van der Waals surface area contributed by atoms with Gasteiger partial charge in [-0.25, -0.2) is 4.39 Å². The maximum absolute atomic E-state index is 13.4. The van der Waals surface area contributed by atoms with Crippen molar-refractivity contribution in [2.75, 3.05) is 39.6 Å². The molecule has 1 saturated heterocycles. The Kier molecular flexibility index (Phi) is 8.30. The van der Waals surface area contributed by atoms with Gasteiger partial charge in [-0.1, -0.05) is 23.7 Å². The topological polar surface area (TPSA) is 91.0 Å². The van der Waals surface area contributed by atoms with Gasteiger partial charge in [-0.2, -0.15) is 17.4 Å². The highest BCUT2D eigenvalue weighted by Crippen LogP contribution is 2.30. The van der Waals surface area contributed by atoms with Gasteiger partial charge in [-0.15, -0.1) is 0 Å². The van der Waals surface area contributed by atoms with Gasteiger partial charge in [-0.3, -0.25) is 4.79 Å². The van der Waals surface area contributed by atoms with Crippen molar-refractivity contribution in [1.82, 2.24) is 13.9 Å². The third-order valence-corrected chi connectivity index (χ3v) is 7.24. The summed E-state index contributed by atoms with van der Waals surface area (Å²) >= 11 is 5.77. The average molecular weight is 499 g/mol. The monoisotopic (exact) mass is 498 g/mol. The van der Waals surface area contributed by atoms with Gasteiger partial charge in [0.15, 0.2) is 0 Å². The molecule has 0 radical (unpaired) electrons. The molecule has 0 bridgehead atoms. The predicted octanol–water partition coefficient (Wildman–Crippen LogP) is 3.03. The van der Waals surface area contributed by atoms with Crippen LogP contribution in [-0.2, 0) is 15.0 Å². The van der Waals surface area contributed by atoms with Crippen molar-refractivity contribution in [3.8, 4) is 5.75 Å².